The lowest BCUT2D eigenvalue weighted by Gasteiger charge is -2.20. The molecule has 1 aromatic carbocycles. The van der Waals surface area contributed by atoms with Gasteiger partial charge in [-0.25, -0.2) is 0 Å². The first-order valence-corrected chi connectivity index (χ1v) is 6.85. The van der Waals surface area contributed by atoms with Crippen molar-refractivity contribution in [3.63, 3.8) is 0 Å². The normalized spacial score (nSPS) is 11.7. The molecule has 0 saturated heterocycles. The lowest BCUT2D eigenvalue weighted by molar-refractivity contribution is 0.590. The van der Waals surface area contributed by atoms with Crippen molar-refractivity contribution in [2.45, 2.75) is 47.0 Å². The fraction of sp³-hybridized carbons (Fsp3) is 0.389. The first-order chi connectivity index (χ1) is 8.79. The van der Waals surface area contributed by atoms with Crippen LogP contribution in [-0.2, 0) is 5.41 Å². The van der Waals surface area contributed by atoms with Gasteiger partial charge in [0, 0.05) is 11.3 Å². The van der Waals surface area contributed by atoms with E-state index in [9.17, 15) is 0 Å². The Hall–Kier alpha value is -1.63. The summed E-state index contributed by atoms with van der Waals surface area (Å²) in [6.07, 6.45) is 0. The van der Waals surface area contributed by atoms with Gasteiger partial charge in [-0.1, -0.05) is 45.0 Å². The molecule has 1 aromatic heterocycles. The molecule has 0 aliphatic carbocycles. The first-order valence-electron chi connectivity index (χ1n) is 6.85. The van der Waals surface area contributed by atoms with E-state index in [4.69, 9.17) is 4.98 Å². The summed E-state index contributed by atoms with van der Waals surface area (Å²) >= 11 is 0. The van der Waals surface area contributed by atoms with Gasteiger partial charge in [-0.3, -0.25) is 4.98 Å². The van der Waals surface area contributed by atoms with E-state index in [-0.39, 0.29) is 5.41 Å². The molecule has 0 aliphatic rings. The van der Waals surface area contributed by atoms with E-state index in [1.807, 2.05) is 0 Å². The molecular formula is C18H23N. The van der Waals surface area contributed by atoms with Crippen molar-refractivity contribution < 1.29 is 0 Å². The maximum Gasteiger partial charge on any atom is 0.0734 e. The second kappa shape index (κ2) is 4.80. The minimum absolute atomic E-state index is 0.170. The molecule has 0 bridgehead atoms. The number of benzene rings is 1. The van der Waals surface area contributed by atoms with E-state index in [1.54, 1.807) is 0 Å². The third kappa shape index (κ3) is 2.86. The molecule has 0 aliphatic heterocycles. The van der Waals surface area contributed by atoms with Gasteiger partial charge in [0.25, 0.3) is 0 Å². The zero-order chi connectivity index (χ0) is 14.2. The summed E-state index contributed by atoms with van der Waals surface area (Å²) in [4.78, 5) is 4.77. The predicted octanol–water partition coefficient (Wildman–Crippen LogP) is 4.97. The van der Waals surface area contributed by atoms with Crippen molar-refractivity contribution in [1.82, 2.24) is 4.98 Å². The van der Waals surface area contributed by atoms with E-state index < -0.39 is 0 Å². The number of aryl methyl sites for hydroxylation is 3. The average Bonchev–Trinajstić information content (AvgIpc) is 2.33. The molecule has 100 valence electrons. The maximum atomic E-state index is 4.77. The van der Waals surface area contributed by atoms with Crippen molar-refractivity contribution in [3.8, 4) is 11.3 Å². The van der Waals surface area contributed by atoms with Gasteiger partial charge in [0.1, 0.15) is 0 Å². The monoisotopic (exact) mass is 253 g/mol. The van der Waals surface area contributed by atoms with E-state index in [0.29, 0.717) is 0 Å². The van der Waals surface area contributed by atoms with Gasteiger partial charge in [0.05, 0.1) is 5.69 Å². The van der Waals surface area contributed by atoms with Crippen LogP contribution in [-0.4, -0.2) is 4.98 Å². The molecular weight excluding hydrogens is 230 g/mol. The Labute approximate surface area is 116 Å². The number of hydrogen-bond acceptors (Lipinski definition) is 1. The van der Waals surface area contributed by atoms with Crippen LogP contribution in [0, 0.1) is 20.8 Å². The van der Waals surface area contributed by atoms with E-state index in [1.165, 1.54) is 22.3 Å². The number of nitrogens with zero attached hydrogens (tertiary/aromatic N) is 1. The predicted molar refractivity (Wildman–Crippen MR) is 82.6 cm³/mol. The van der Waals surface area contributed by atoms with Crippen LogP contribution < -0.4 is 0 Å². The standard InChI is InChI=1S/C18H23N/c1-12-10-13(2)17(19-14(12)3)15-8-7-9-16(11-15)18(4,5)6/h7-11H,1-6H3. The van der Waals surface area contributed by atoms with Gasteiger partial charge in [-0.15, -0.1) is 0 Å². The Kier molecular flexibility index (Phi) is 3.49. The molecule has 0 atom stereocenters. The highest BCUT2D eigenvalue weighted by atomic mass is 14.7. The molecule has 0 unspecified atom stereocenters. The Morgan fingerprint density at radius 1 is 0.895 bits per heavy atom. The van der Waals surface area contributed by atoms with E-state index in [0.717, 1.165) is 11.4 Å². The minimum atomic E-state index is 0.170. The lowest BCUT2D eigenvalue weighted by Crippen LogP contribution is -2.10. The van der Waals surface area contributed by atoms with Crippen molar-refractivity contribution in [2.24, 2.45) is 0 Å². The quantitative estimate of drug-likeness (QED) is 0.699. The Morgan fingerprint density at radius 3 is 2.21 bits per heavy atom. The van der Waals surface area contributed by atoms with Crippen LogP contribution in [0.3, 0.4) is 0 Å². The highest BCUT2D eigenvalue weighted by molar-refractivity contribution is 5.64. The summed E-state index contributed by atoms with van der Waals surface area (Å²) in [5.41, 5.74) is 7.46. The Bertz CT molecular complexity index is 604. The smallest absolute Gasteiger partial charge is 0.0734 e. The molecule has 0 amide bonds. The third-order valence-corrected chi connectivity index (χ3v) is 3.66. The van der Waals surface area contributed by atoms with Crippen molar-refractivity contribution in [3.05, 3.63) is 52.7 Å². The van der Waals surface area contributed by atoms with Gasteiger partial charge >= 0.3 is 0 Å². The van der Waals surface area contributed by atoms with Gasteiger partial charge in [0.15, 0.2) is 0 Å². The molecule has 0 radical (unpaired) electrons. The topological polar surface area (TPSA) is 12.9 Å². The van der Waals surface area contributed by atoms with Gasteiger partial charge in [-0.05, 0) is 48.9 Å². The van der Waals surface area contributed by atoms with Crippen molar-refractivity contribution in [2.75, 3.05) is 0 Å². The highest BCUT2D eigenvalue weighted by Gasteiger charge is 2.15. The summed E-state index contributed by atoms with van der Waals surface area (Å²) in [7, 11) is 0. The van der Waals surface area contributed by atoms with E-state index >= 15 is 0 Å². The van der Waals surface area contributed by atoms with Crippen LogP contribution in [0.25, 0.3) is 11.3 Å². The molecule has 0 N–H and O–H groups in total. The van der Waals surface area contributed by atoms with Gasteiger partial charge in [0.2, 0.25) is 0 Å². The highest BCUT2D eigenvalue weighted by Crippen LogP contribution is 2.28. The summed E-state index contributed by atoms with van der Waals surface area (Å²) < 4.78 is 0. The number of pyridine rings is 1. The van der Waals surface area contributed by atoms with Crippen LogP contribution in [0.5, 0.6) is 0 Å². The van der Waals surface area contributed by atoms with Crippen LogP contribution in [0.4, 0.5) is 0 Å². The Balaban J connectivity index is 2.57. The number of rotatable bonds is 1. The summed E-state index contributed by atoms with van der Waals surface area (Å²) in [6, 6.07) is 11.0. The minimum Gasteiger partial charge on any atom is -0.253 e. The maximum absolute atomic E-state index is 4.77. The summed E-state index contributed by atoms with van der Waals surface area (Å²) in [5, 5.41) is 0. The SMILES string of the molecule is Cc1cc(C)c(-c2cccc(C(C)(C)C)c2)nc1C. The van der Waals surface area contributed by atoms with Crippen LogP contribution in [0.2, 0.25) is 0 Å². The molecule has 0 fully saturated rings. The fourth-order valence-corrected chi connectivity index (χ4v) is 2.27. The van der Waals surface area contributed by atoms with Crippen LogP contribution in [0.1, 0.15) is 43.2 Å². The zero-order valence-electron chi connectivity index (χ0n) is 12.8. The molecule has 0 spiro atoms. The number of hydrogen-bond donors (Lipinski definition) is 0. The molecule has 1 heteroatoms. The number of aromatic nitrogens is 1. The van der Waals surface area contributed by atoms with Gasteiger partial charge < -0.3 is 0 Å². The van der Waals surface area contributed by atoms with Crippen LogP contribution >= 0.6 is 0 Å². The molecule has 1 nitrogen and oxygen atoms in total. The van der Waals surface area contributed by atoms with Crippen molar-refractivity contribution >= 4 is 0 Å². The Morgan fingerprint density at radius 2 is 1.58 bits per heavy atom. The fourth-order valence-electron chi connectivity index (χ4n) is 2.27. The second-order valence-electron chi connectivity index (χ2n) is 6.39. The summed E-state index contributed by atoms with van der Waals surface area (Å²) in [5.74, 6) is 0. The van der Waals surface area contributed by atoms with Crippen LogP contribution in [0.15, 0.2) is 30.3 Å². The lowest BCUT2D eigenvalue weighted by atomic mass is 9.85. The first kappa shape index (κ1) is 13.8. The summed E-state index contributed by atoms with van der Waals surface area (Å²) in [6.45, 7) is 13.1. The largest absolute Gasteiger partial charge is 0.253 e. The van der Waals surface area contributed by atoms with Gasteiger partial charge in [-0.2, -0.15) is 0 Å². The average molecular weight is 253 g/mol. The third-order valence-electron chi connectivity index (χ3n) is 3.66. The molecule has 2 rings (SSSR count). The van der Waals surface area contributed by atoms with Crippen molar-refractivity contribution in [1.29, 1.82) is 0 Å². The molecule has 2 aromatic rings. The second-order valence-corrected chi connectivity index (χ2v) is 6.39. The molecule has 19 heavy (non-hydrogen) atoms. The molecule has 1 heterocycles. The molecule has 0 saturated carbocycles. The zero-order valence-corrected chi connectivity index (χ0v) is 12.8. The van der Waals surface area contributed by atoms with E-state index in [2.05, 4.69) is 71.9 Å².